The first-order valence-corrected chi connectivity index (χ1v) is 9.48. The summed E-state index contributed by atoms with van der Waals surface area (Å²) in [6, 6.07) is 8.11. The van der Waals surface area contributed by atoms with Gasteiger partial charge in [-0.05, 0) is 45.1 Å². The van der Waals surface area contributed by atoms with Gasteiger partial charge < -0.3 is 10.1 Å². The number of carbonyl (C=O) groups excluding carboxylic acids is 2. The van der Waals surface area contributed by atoms with Gasteiger partial charge in [0.1, 0.15) is 10.7 Å². The number of halogens is 1. The molecule has 2 aromatic rings. The van der Waals surface area contributed by atoms with Crippen molar-refractivity contribution >= 4 is 23.5 Å². The van der Waals surface area contributed by atoms with Crippen LogP contribution in [0.1, 0.15) is 46.9 Å². The summed E-state index contributed by atoms with van der Waals surface area (Å²) in [5.74, 6) is -0.396. The lowest BCUT2D eigenvalue weighted by Crippen LogP contribution is -2.37. The Labute approximate surface area is 163 Å². The van der Waals surface area contributed by atoms with Crippen LogP contribution in [0.2, 0.25) is 5.15 Å². The van der Waals surface area contributed by atoms with E-state index >= 15 is 0 Å². The van der Waals surface area contributed by atoms with Crippen LogP contribution in [0.4, 0.5) is 0 Å². The van der Waals surface area contributed by atoms with E-state index < -0.39 is 5.97 Å². The number of amides is 1. The van der Waals surface area contributed by atoms with Crippen molar-refractivity contribution in [2.24, 2.45) is 5.92 Å². The Morgan fingerprint density at radius 1 is 1.30 bits per heavy atom. The van der Waals surface area contributed by atoms with Crippen molar-refractivity contribution in [3.63, 3.8) is 0 Å². The third-order valence-corrected chi connectivity index (χ3v) is 5.16. The molecule has 0 bridgehead atoms. The fraction of sp³-hybridized carbons (Fsp3) is 0.450. The number of ether oxygens (including phenoxy) is 1. The van der Waals surface area contributed by atoms with Crippen LogP contribution in [0.5, 0.6) is 0 Å². The van der Waals surface area contributed by atoms with Gasteiger partial charge in [0, 0.05) is 6.04 Å². The van der Waals surface area contributed by atoms with Crippen LogP contribution in [-0.4, -0.2) is 34.3 Å². The van der Waals surface area contributed by atoms with E-state index in [0.717, 1.165) is 18.4 Å². The minimum atomic E-state index is -0.637. The summed E-state index contributed by atoms with van der Waals surface area (Å²) >= 11 is 6.35. The standard InChI is InChI=1S/C20H24ClN3O3/c1-12-4-6-15(7-5-12)10-24-19(21)18(14(3)23-24)20(26)27-11-17(25)22-13(2)16-8-9-16/h4-7,13,16H,8-11H2,1-3H3,(H,22,25)/t13-/m1/s1. The molecule has 1 heterocycles. The number of esters is 1. The topological polar surface area (TPSA) is 73.2 Å². The van der Waals surface area contributed by atoms with Crippen LogP contribution in [0.15, 0.2) is 24.3 Å². The Morgan fingerprint density at radius 3 is 2.59 bits per heavy atom. The molecule has 1 aromatic carbocycles. The zero-order chi connectivity index (χ0) is 19.6. The van der Waals surface area contributed by atoms with Crippen LogP contribution in [0.25, 0.3) is 0 Å². The van der Waals surface area contributed by atoms with Gasteiger partial charge in [-0.15, -0.1) is 0 Å². The van der Waals surface area contributed by atoms with E-state index in [1.54, 1.807) is 11.6 Å². The molecule has 6 nitrogen and oxygen atoms in total. The first-order valence-electron chi connectivity index (χ1n) is 9.10. The predicted molar refractivity (Wildman–Crippen MR) is 103 cm³/mol. The van der Waals surface area contributed by atoms with Gasteiger partial charge in [0.2, 0.25) is 0 Å². The zero-order valence-corrected chi connectivity index (χ0v) is 16.5. The molecule has 1 aromatic heterocycles. The maximum absolute atomic E-state index is 12.4. The molecule has 0 unspecified atom stereocenters. The zero-order valence-electron chi connectivity index (χ0n) is 15.8. The Balaban J connectivity index is 1.61. The minimum Gasteiger partial charge on any atom is -0.452 e. The number of hydrogen-bond acceptors (Lipinski definition) is 4. The van der Waals surface area contributed by atoms with Gasteiger partial charge in [-0.25, -0.2) is 9.48 Å². The Bertz CT molecular complexity index is 841. The van der Waals surface area contributed by atoms with Crippen molar-refractivity contribution in [1.29, 1.82) is 0 Å². The maximum Gasteiger partial charge on any atom is 0.343 e. The highest BCUT2D eigenvalue weighted by Gasteiger charge is 2.29. The van der Waals surface area contributed by atoms with Crippen LogP contribution >= 0.6 is 11.6 Å². The molecule has 1 N–H and O–H groups in total. The smallest absolute Gasteiger partial charge is 0.343 e. The van der Waals surface area contributed by atoms with E-state index in [2.05, 4.69) is 10.4 Å². The van der Waals surface area contributed by atoms with Gasteiger partial charge in [-0.2, -0.15) is 5.10 Å². The van der Waals surface area contributed by atoms with E-state index in [-0.39, 0.29) is 29.3 Å². The van der Waals surface area contributed by atoms with Gasteiger partial charge in [0.25, 0.3) is 5.91 Å². The molecule has 0 saturated heterocycles. The number of hydrogen-bond donors (Lipinski definition) is 1. The van der Waals surface area contributed by atoms with E-state index in [1.807, 2.05) is 38.1 Å². The Kier molecular flexibility index (Phi) is 5.85. The largest absolute Gasteiger partial charge is 0.452 e. The Morgan fingerprint density at radius 2 is 1.96 bits per heavy atom. The van der Waals surface area contributed by atoms with E-state index in [9.17, 15) is 9.59 Å². The summed E-state index contributed by atoms with van der Waals surface area (Å²) in [7, 11) is 0. The monoisotopic (exact) mass is 389 g/mol. The molecule has 27 heavy (non-hydrogen) atoms. The van der Waals surface area contributed by atoms with Crippen LogP contribution in [0.3, 0.4) is 0 Å². The third-order valence-electron chi connectivity index (χ3n) is 4.77. The lowest BCUT2D eigenvalue weighted by atomic mass is 10.1. The highest BCUT2D eigenvalue weighted by atomic mass is 35.5. The second-order valence-electron chi connectivity index (χ2n) is 7.16. The van der Waals surface area contributed by atoms with Gasteiger partial charge >= 0.3 is 5.97 Å². The molecule has 3 rings (SSSR count). The van der Waals surface area contributed by atoms with Crippen molar-refractivity contribution < 1.29 is 14.3 Å². The van der Waals surface area contributed by atoms with E-state index in [4.69, 9.17) is 16.3 Å². The van der Waals surface area contributed by atoms with Crippen molar-refractivity contribution in [2.45, 2.75) is 46.2 Å². The number of rotatable bonds is 7. The summed E-state index contributed by atoms with van der Waals surface area (Å²) in [5.41, 5.74) is 2.87. The van der Waals surface area contributed by atoms with E-state index in [1.165, 1.54) is 5.56 Å². The third kappa shape index (κ3) is 4.89. The summed E-state index contributed by atoms with van der Waals surface area (Å²) in [4.78, 5) is 24.3. The molecule has 144 valence electrons. The summed E-state index contributed by atoms with van der Waals surface area (Å²) in [5, 5.41) is 7.40. The molecular weight excluding hydrogens is 366 g/mol. The molecule has 1 aliphatic carbocycles. The second kappa shape index (κ2) is 8.13. The lowest BCUT2D eigenvalue weighted by Gasteiger charge is -2.12. The molecule has 1 aliphatic rings. The summed E-state index contributed by atoms with van der Waals surface area (Å²) in [6.07, 6.45) is 2.27. The van der Waals surface area contributed by atoms with Gasteiger partial charge in [-0.1, -0.05) is 41.4 Å². The van der Waals surface area contributed by atoms with Crippen LogP contribution < -0.4 is 5.32 Å². The van der Waals surface area contributed by atoms with Crippen LogP contribution in [0, 0.1) is 19.8 Å². The molecule has 0 radical (unpaired) electrons. The highest BCUT2D eigenvalue weighted by Crippen LogP contribution is 2.32. The van der Waals surface area contributed by atoms with Crippen molar-refractivity contribution in [3.8, 4) is 0 Å². The number of benzene rings is 1. The first kappa shape index (κ1) is 19.4. The average molecular weight is 390 g/mol. The molecule has 1 amide bonds. The van der Waals surface area contributed by atoms with Gasteiger partial charge in [0.05, 0.1) is 12.2 Å². The van der Waals surface area contributed by atoms with Crippen molar-refractivity contribution in [2.75, 3.05) is 6.61 Å². The van der Waals surface area contributed by atoms with Crippen LogP contribution in [-0.2, 0) is 16.1 Å². The second-order valence-corrected chi connectivity index (χ2v) is 7.52. The summed E-state index contributed by atoms with van der Waals surface area (Å²) < 4.78 is 6.71. The number of nitrogens with zero attached hydrogens (tertiary/aromatic N) is 2. The normalized spacial score (nSPS) is 14.7. The predicted octanol–water partition coefficient (Wildman–Crippen LogP) is 3.27. The summed E-state index contributed by atoms with van der Waals surface area (Å²) in [6.45, 7) is 5.81. The number of carbonyl (C=O) groups is 2. The van der Waals surface area contributed by atoms with Crippen molar-refractivity contribution in [1.82, 2.24) is 15.1 Å². The lowest BCUT2D eigenvalue weighted by molar-refractivity contribution is -0.124. The Hall–Kier alpha value is -2.34. The molecule has 1 atom stereocenters. The number of aromatic nitrogens is 2. The number of nitrogens with one attached hydrogen (secondary N) is 1. The SMILES string of the molecule is Cc1ccc(Cn2nc(C)c(C(=O)OCC(=O)N[C@H](C)C3CC3)c2Cl)cc1. The first-order chi connectivity index (χ1) is 12.8. The highest BCUT2D eigenvalue weighted by molar-refractivity contribution is 6.32. The molecular formula is C20H24ClN3O3. The number of aryl methyl sites for hydroxylation is 2. The fourth-order valence-electron chi connectivity index (χ4n) is 2.97. The maximum atomic E-state index is 12.4. The molecule has 0 spiro atoms. The molecule has 1 fully saturated rings. The molecule has 1 saturated carbocycles. The van der Waals surface area contributed by atoms with Gasteiger partial charge in [-0.3, -0.25) is 4.79 Å². The van der Waals surface area contributed by atoms with Crippen molar-refractivity contribution in [3.05, 3.63) is 51.8 Å². The fourth-order valence-corrected chi connectivity index (χ4v) is 3.28. The van der Waals surface area contributed by atoms with Gasteiger partial charge in [0.15, 0.2) is 6.61 Å². The average Bonchev–Trinajstić information content (AvgIpc) is 3.42. The molecule has 0 aliphatic heterocycles. The van der Waals surface area contributed by atoms with E-state index in [0.29, 0.717) is 18.2 Å². The quantitative estimate of drug-likeness (QED) is 0.737. The minimum absolute atomic E-state index is 0.110. The molecule has 7 heteroatoms.